The van der Waals surface area contributed by atoms with Crippen LogP contribution in [0.5, 0.6) is 5.75 Å². The average molecular weight is 478 g/mol. The van der Waals surface area contributed by atoms with Crippen molar-refractivity contribution in [2.45, 2.75) is 98.4 Å². The molecule has 0 aliphatic rings. The lowest BCUT2D eigenvalue weighted by molar-refractivity contribution is -0.142. The van der Waals surface area contributed by atoms with Crippen molar-refractivity contribution in [3.05, 3.63) is 29.3 Å². The number of nitrogens with zero attached hydrogens (tertiary/aromatic N) is 1. The van der Waals surface area contributed by atoms with Crippen molar-refractivity contribution in [2.24, 2.45) is 5.92 Å². The Bertz CT molecular complexity index is 849. The smallest absolute Gasteiger partial charge is 0.408 e. The molecule has 4 unspecified atom stereocenters. The Morgan fingerprint density at radius 1 is 1.12 bits per heavy atom. The van der Waals surface area contributed by atoms with Gasteiger partial charge >= 0.3 is 6.09 Å². The first kappa shape index (κ1) is 29.3. The molecule has 192 valence electrons. The number of hydrogen-bond acceptors (Lipinski definition) is 5. The van der Waals surface area contributed by atoms with E-state index in [0.29, 0.717) is 17.5 Å². The van der Waals surface area contributed by atoms with Crippen LogP contribution in [0.3, 0.4) is 0 Å². The van der Waals surface area contributed by atoms with Crippen LogP contribution in [0.25, 0.3) is 0 Å². The SMILES string of the molecule is CCCC(C)NC(=O)C(c1cccc(C)c1O)N(C)C(=O)C(NC(=O)OC(C)(C)C)C(C)CC. The summed E-state index contributed by atoms with van der Waals surface area (Å²) in [5.74, 6) is -1.08. The molecule has 0 fully saturated rings. The van der Waals surface area contributed by atoms with Crippen LogP contribution in [0, 0.1) is 12.8 Å². The molecular weight excluding hydrogens is 434 g/mol. The number of rotatable bonds is 10. The molecule has 3 amide bonds. The maximum atomic E-state index is 13.7. The zero-order chi connectivity index (χ0) is 26.2. The van der Waals surface area contributed by atoms with Crippen LogP contribution in [0.2, 0.25) is 0 Å². The van der Waals surface area contributed by atoms with E-state index in [1.54, 1.807) is 45.9 Å². The third-order valence-electron chi connectivity index (χ3n) is 5.81. The lowest BCUT2D eigenvalue weighted by Gasteiger charge is -2.34. The average Bonchev–Trinajstić information content (AvgIpc) is 2.72. The standard InChI is InChI=1S/C26H43N3O5/c1-10-13-18(5)27-23(31)21(19-15-12-14-17(4)22(19)30)29(9)24(32)20(16(3)11-2)28-25(33)34-26(6,7)8/h12,14-16,18,20-21,30H,10-11,13H2,1-9H3,(H,27,31)(H,28,33). The number of aromatic hydroxyl groups is 1. The Morgan fingerprint density at radius 2 is 1.74 bits per heavy atom. The van der Waals surface area contributed by atoms with Gasteiger partial charge in [0.1, 0.15) is 23.4 Å². The van der Waals surface area contributed by atoms with Gasteiger partial charge in [-0.1, -0.05) is 51.8 Å². The fourth-order valence-corrected chi connectivity index (χ4v) is 3.72. The van der Waals surface area contributed by atoms with E-state index in [2.05, 4.69) is 10.6 Å². The summed E-state index contributed by atoms with van der Waals surface area (Å²) in [5, 5.41) is 16.4. The highest BCUT2D eigenvalue weighted by Gasteiger charge is 2.37. The van der Waals surface area contributed by atoms with Gasteiger partial charge in [-0.05, 0) is 52.5 Å². The third-order valence-corrected chi connectivity index (χ3v) is 5.81. The Kier molecular flexibility index (Phi) is 10.9. The normalized spacial score (nSPS) is 15.0. The highest BCUT2D eigenvalue weighted by atomic mass is 16.6. The van der Waals surface area contributed by atoms with Crippen LogP contribution >= 0.6 is 0 Å². The van der Waals surface area contributed by atoms with Gasteiger partial charge in [-0.15, -0.1) is 0 Å². The Hall–Kier alpha value is -2.77. The molecule has 0 saturated carbocycles. The summed E-state index contributed by atoms with van der Waals surface area (Å²) in [6.07, 6.45) is 1.61. The monoisotopic (exact) mass is 477 g/mol. The Morgan fingerprint density at radius 3 is 2.26 bits per heavy atom. The second-order valence-corrected chi connectivity index (χ2v) is 10.1. The maximum Gasteiger partial charge on any atom is 0.408 e. The molecule has 8 nitrogen and oxygen atoms in total. The summed E-state index contributed by atoms with van der Waals surface area (Å²) in [7, 11) is 1.52. The quantitative estimate of drug-likeness (QED) is 0.462. The fourth-order valence-electron chi connectivity index (χ4n) is 3.72. The lowest BCUT2D eigenvalue weighted by atomic mass is 9.95. The molecule has 0 spiro atoms. The number of ether oxygens (including phenoxy) is 1. The molecule has 0 heterocycles. The zero-order valence-corrected chi connectivity index (χ0v) is 22.2. The Balaban J connectivity index is 3.37. The fraction of sp³-hybridized carbons (Fsp3) is 0.654. The number of likely N-dealkylation sites (N-methyl/N-ethyl adjacent to an activating group) is 1. The van der Waals surface area contributed by atoms with Gasteiger partial charge in [0.15, 0.2) is 0 Å². The van der Waals surface area contributed by atoms with Gasteiger partial charge in [0, 0.05) is 18.7 Å². The number of para-hydroxylation sites is 1. The molecule has 0 saturated heterocycles. The highest BCUT2D eigenvalue weighted by molar-refractivity contribution is 5.92. The molecule has 8 heteroatoms. The number of alkyl carbamates (subject to hydrolysis) is 1. The largest absolute Gasteiger partial charge is 0.507 e. The highest BCUT2D eigenvalue weighted by Crippen LogP contribution is 2.32. The van der Waals surface area contributed by atoms with E-state index in [9.17, 15) is 19.5 Å². The number of carbonyl (C=O) groups excluding carboxylic acids is 3. The van der Waals surface area contributed by atoms with Crippen molar-refractivity contribution in [1.82, 2.24) is 15.5 Å². The van der Waals surface area contributed by atoms with Gasteiger partial charge in [-0.25, -0.2) is 4.79 Å². The van der Waals surface area contributed by atoms with E-state index in [1.165, 1.54) is 11.9 Å². The number of phenolic OH excluding ortho intramolecular Hbond substituents is 1. The number of carbonyl (C=O) groups is 3. The summed E-state index contributed by atoms with van der Waals surface area (Å²) in [4.78, 5) is 40.8. The van der Waals surface area contributed by atoms with Crippen molar-refractivity contribution in [1.29, 1.82) is 0 Å². The van der Waals surface area contributed by atoms with Gasteiger partial charge < -0.3 is 25.4 Å². The van der Waals surface area contributed by atoms with Crippen LogP contribution in [0.1, 0.15) is 84.9 Å². The Labute approximate surface area is 204 Å². The molecule has 4 atom stereocenters. The molecule has 1 aromatic rings. The number of aryl methyl sites for hydroxylation is 1. The molecule has 0 aromatic heterocycles. The summed E-state index contributed by atoms with van der Waals surface area (Å²) in [6.45, 7) is 14.7. The summed E-state index contributed by atoms with van der Waals surface area (Å²) < 4.78 is 5.36. The first-order valence-electron chi connectivity index (χ1n) is 12.1. The number of phenols is 1. The molecular formula is C26H43N3O5. The number of nitrogens with one attached hydrogen (secondary N) is 2. The predicted octanol–water partition coefficient (Wildman–Crippen LogP) is 4.44. The number of amides is 3. The van der Waals surface area contributed by atoms with E-state index in [4.69, 9.17) is 4.74 Å². The molecule has 0 radical (unpaired) electrons. The minimum Gasteiger partial charge on any atom is -0.507 e. The van der Waals surface area contributed by atoms with Gasteiger partial charge in [0.25, 0.3) is 0 Å². The maximum absolute atomic E-state index is 13.7. The van der Waals surface area contributed by atoms with E-state index in [0.717, 1.165) is 12.8 Å². The van der Waals surface area contributed by atoms with Crippen molar-refractivity contribution >= 4 is 17.9 Å². The summed E-state index contributed by atoms with van der Waals surface area (Å²) in [6, 6.07) is 3.05. The first-order valence-corrected chi connectivity index (χ1v) is 12.1. The zero-order valence-electron chi connectivity index (χ0n) is 22.2. The third kappa shape index (κ3) is 8.22. The van der Waals surface area contributed by atoms with E-state index in [-0.39, 0.29) is 17.7 Å². The minimum atomic E-state index is -1.07. The molecule has 1 aromatic carbocycles. The predicted molar refractivity (Wildman–Crippen MR) is 133 cm³/mol. The molecule has 3 N–H and O–H groups in total. The van der Waals surface area contributed by atoms with Gasteiger partial charge in [-0.3, -0.25) is 9.59 Å². The van der Waals surface area contributed by atoms with Crippen molar-refractivity contribution < 1.29 is 24.2 Å². The van der Waals surface area contributed by atoms with Gasteiger partial charge in [0.2, 0.25) is 11.8 Å². The van der Waals surface area contributed by atoms with Crippen molar-refractivity contribution in [3.8, 4) is 5.75 Å². The van der Waals surface area contributed by atoms with Crippen LogP contribution in [-0.4, -0.2) is 52.6 Å². The molecule has 0 aliphatic heterocycles. The van der Waals surface area contributed by atoms with E-state index in [1.807, 2.05) is 27.7 Å². The molecule has 1 rings (SSSR count). The van der Waals surface area contributed by atoms with Gasteiger partial charge in [-0.2, -0.15) is 0 Å². The van der Waals surface area contributed by atoms with E-state index < -0.39 is 35.6 Å². The molecule has 0 bridgehead atoms. The van der Waals surface area contributed by atoms with Crippen LogP contribution < -0.4 is 10.6 Å². The van der Waals surface area contributed by atoms with Crippen molar-refractivity contribution in [3.63, 3.8) is 0 Å². The topological polar surface area (TPSA) is 108 Å². The summed E-state index contributed by atoms with van der Waals surface area (Å²) in [5.41, 5.74) is 0.213. The second kappa shape index (κ2) is 12.6. The molecule has 0 aliphatic carbocycles. The summed E-state index contributed by atoms with van der Waals surface area (Å²) >= 11 is 0. The molecule has 34 heavy (non-hydrogen) atoms. The van der Waals surface area contributed by atoms with Gasteiger partial charge in [0.05, 0.1) is 0 Å². The first-order chi connectivity index (χ1) is 15.7. The number of benzene rings is 1. The lowest BCUT2D eigenvalue weighted by Crippen LogP contribution is -2.54. The van der Waals surface area contributed by atoms with Crippen LogP contribution in [0.4, 0.5) is 4.79 Å². The van der Waals surface area contributed by atoms with Crippen LogP contribution in [0.15, 0.2) is 18.2 Å². The van der Waals surface area contributed by atoms with Crippen LogP contribution in [-0.2, 0) is 14.3 Å². The second-order valence-electron chi connectivity index (χ2n) is 10.1. The van der Waals surface area contributed by atoms with Crippen molar-refractivity contribution in [2.75, 3.05) is 7.05 Å². The number of hydrogen-bond donors (Lipinski definition) is 3. The van der Waals surface area contributed by atoms with E-state index >= 15 is 0 Å². The minimum absolute atomic E-state index is 0.0364.